The van der Waals surface area contributed by atoms with Crippen molar-refractivity contribution in [2.75, 3.05) is 4.90 Å². The molecule has 308 valence electrons. The number of rotatable bonds is 8. The summed E-state index contributed by atoms with van der Waals surface area (Å²) in [6, 6.07) is 85.8. The molecule has 0 aliphatic heterocycles. The van der Waals surface area contributed by atoms with Crippen molar-refractivity contribution >= 4 is 39.0 Å². The molecular weight excluding hydrogens is 787 g/mol. The Morgan fingerprint density at radius 2 is 0.662 bits per heavy atom. The Morgan fingerprint density at radius 3 is 1.23 bits per heavy atom. The first-order valence-electron chi connectivity index (χ1n) is 22.5. The van der Waals surface area contributed by atoms with Crippen molar-refractivity contribution in [3.05, 3.63) is 248 Å². The van der Waals surface area contributed by atoms with Gasteiger partial charge in [0.05, 0.1) is 0 Å². The SMILES string of the molecule is CC1(C)c2cc(-c3ccccc3)ccc2-c2ccc(N(c3ccc(-c4ccc(-c5ccccc5)cc4)cc3)c3ccc(-c4ccc(-c5ccc6c(c5)oc5ccccc56)cc4)cc3)cc21. The standard InChI is InChI=1S/C63H45NO/c1-63(2)59-39-50(43-13-7-4-8-14-43)29-36-55(59)56-38-35-54(41-60(56)63)64(52-31-25-47(26-32-52)45-19-17-44(18-20-45)42-11-5-3-6-12-42)53-33-27-48(28-34-53)46-21-23-49(24-22-46)51-30-37-58-57-15-9-10-16-61(57)65-62(58)40-51/h3-41H,1-2H3. The summed E-state index contributed by atoms with van der Waals surface area (Å²) < 4.78 is 6.21. The Bertz CT molecular complexity index is 3510. The Balaban J connectivity index is 0.882. The topological polar surface area (TPSA) is 16.4 Å². The predicted molar refractivity (Wildman–Crippen MR) is 273 cm³/mol. The second-order valence-corrected chi connectivity index (χ2v) is 17.7. The van der Waals surface area contributed by atoms with Crippen LogP contribution in [0.25, 0.3) is 88.7 Å². The van der Waals surface area contributed by atoms with E-state index in [4.69, 9.17) is 4.42 Å². The molecule has 0 saturated heterocycles. The summed E-state index contributed by atoms with van der Waals surface area (Å²) in [5.74, 6) is 0. The molecule has 0 N–H and O–H groups in total. The maximum absolute atomic E-state index is 6.21. The molecule has 11 aromatic rings. The Kier molecular flexibility index (Phi) is 9.21. The van der Waals surface area contributed by atoms with Gasteiger partial charge in [-0.15, -0.1) is 0 Å². The number of furan rings is 1. The molecule has 12 rings (SSSR count). The van der Waals surface area contributed by atoms with Gasteiger partial charge in [-0.05, 0) is 139 Å². The molecule has 2 heteroatoms. The van der Waals surface area contributed by atoms with Gasteiger partial charge < -0.3 is 9.32 Å². The zero-order chi connectivity index (χ0) is 43.5. The number of anilines is 3. The fourth-order valence-electron chi connectivity index (χ4n) is 9.97. The van der Waals surface area contributed by atoms with E-state index in [0.717, 1.165) is 50.1 Å². The molecule has 10 aromatic carbocycles. The number of hydrogen-bond acceptors (Lipinski definition) is 2. The molecule has 1 aliphatic rings. The highest BCUT2D eigenvalue weighted by molar-refractivity contribution is 6.06. The fourth-order valence-corrected chi connectivity index (χ4v) is 9.97. The summed E-state index contributed by atoms with van der Waals surface area (Å²) in [7, 11) is 0. The summed E-state index contributed by atoms with van der Waals surface area (Å²) >= 11 is 0. The molecular formula is C63H45NO. The van der Waals surface area contributed by atoms with Crippen molar-refractivity contribution in [2.45, 2.75) is 19.3 Å². The largest absolute Gasteiger partial charge is 0.456 e. The van der Waals surface area contributed by atoms with E-state index >= 15 is 0 Å². The fraction of sp³-hybridized carbons (Fsp3) is 0.0476. The normalized spacial score (nSPS) is 12.6. The van der Waals surface area contributed by atoms with Gasteiger partial charge in [0.2, 0.25) is 0 Å². The molecule has 0 amide bonds. The first-order valence-corrected chi connectivity index (χ1v) is 22.5. The van der Waals surface area contributed by atoms with Crippen molar-refractivity contribution in [1.29, 1.82) is 0 Å². The number of nitrogens with zero attached hydrogens (tertiary/aromatic N) is 1. The van der Waals surface area contributed by atoms with Gasteiger partial charge >= 0.3 is 0 Å². The van der Waals surface area contributed by atoms with Crippen LogP contribution in [-0.2, 0) is 5.41 Å². The van der Waals surface area contributed by atoms with Crippen LogP contribution in [0.15, 0.2) is 241 Å². The molecule has 0 atom stereocenters. The third-order valence-electron chi connectivity index (χ3n) is 13.5. The van der Waals surface area contributed by atoms with Crippen LogP contribution < -0.4 is 4.90 Å². The quantitative estimate of drug-likeness (QED) is 0.152. The highest BCUT2D eigenvalue weighted by Gasteiger charge is 2.36. The van der Waals surface area contributed by atoms with Crippen LogP contribution >= 0.6 is 0 Å². The zero-order valence-electron chi connectivity index (χ0n) is 36.4. The lowest BCUT2D eigenvalue weighted by atomic mass is 9.81. The van der Waals surface area contributed by atoms with Crippen molar-refractivity contribution in [2.24, 2.45) is 0 Å². The van der Waals surface area contributed by atoms with Gasteiger partial charge in [-0.1, -0.05) is 190 Å². The number of benzene rings is 10. The molecule has 0 spiro atoms. The van der Waals surface area contributed by atoms with E-state index in [1.807, 2.05) is 12.1 Å². The third kappa shape index (κ3) is 6.83. The second-order valence-electron chi connectivity index (χ2n) is 17.7. The summed E-state index contributed by atoms with van der Waals surface area (Å²) in [4.78, 5) is 2.40. The van der Waals surface area contributed by atoms with Gasteiger partial charge in [-0.3, -0.25) is 0 Å². The van der Waals surface area contributed by atoms with Crippen LogP contribution in [0.5, 0.6) is 0 Å². The van der Waals surface area contributed by atoms with Gasteiger partial charge in [-0.25, -0.2) is 0 Å². The van der Waals surface area contributed by atoms with Gasteiger partial charge in [0.25, 0.3) is 0 Å². The first kappa shape index (κ1) is 38.5. The van der Waals surface area contributed by atoms with E-state index in [-0.39, 0.29) is 5.41 Å². The Labute approximate surface area is 380 Å². The summed E-state index contributed by atoms with van der Waals surface area (Å²) in [6.45, 7) is 4.74. The number of para-hydroxylation sites is 1. The maximum Gasteiger partial charge on any atom is 0.136 e. The third-order valence-corrected chi connectivity index (χ3v) is 13.5. The van der Waals surface area contributed by atoms with Gasteiger partial charge in [-0.2, -0.15) is 0 Å². The maximum atomic E-state index is 6.21. The highest BCUT2D eigenvalue weighted by Crippen LogP contribution is 2.52. The minimum Gasteiger partial charge on any atom is -0.456 e. The smallest absolute Gasteiger partial charge is 0.136 e. The van der Waals surface area contributed by atoms with E-state index in [1.165, 1.54) is 66.8 Å². The average Bonchev–Trinajstić information content (AvgIpc) is 3.85. The minimum absolute atomic E-state index is 0.180. The summed E-state index contributed by atoms with van der Waals surface area (Å²) in [6.07, 6.45) is 0. The van der Waals surface area contributed by atoms with Crippen LogP contribution in [0.1, 0.15) is 25.0 Å². The molecule has 1 aliphatic carbocycles. The zero-order valence-corrected chi connectivity index (χ0v) is 36.4. The Hall–Kier alpha value is -8.20. The van der Waals surface area contributed by atoms with Crippen LogP contribution in [0.2, 0.25) is 0 Å². The van der Waals surface area contributed by atoms with E-state index < -0.39 is 0 Å². The van der Waals surface area contributed by atoms with E-state index in [0.29, 0.717) is 0 Å². The van der Waals surface area contributed by atoms with Crippen molar-refractivity contribution in [3.63, 3.8) is 0 Å². The molecule has 1 heterocycles. The predicted octanol–water partition coefficient (Wildman–Crippen LogP) is 17.7. The molecule has 0 bridgehead atoms. The summed E-state index contributed by atoms with van der Waals surface area (Å²) in [5, 5.41) is 2.29. The van der Waals surface area contributed by atoms with E-state index in [9.17, 15) is 0 Å². The minimum atomic E-state index is -0.180. The molecule has 65 heavy (non-hydrogen) atoms. The van der Waals surface area contributed by atoms with Gasteiger partial charge in [0, 0.05) is 33.2 Å². The van der Waals surface area contributed by atoms with Crippen molar-refractivity contribution in [1.82, 2.24) is 0 Å². The summed E-state index contributed by atoms with van der Waals surface area (Å²) in [5.41, 5.74) is 22.3. The molecule has 0 fully saturated rings. The molecule has 0 saturated carbocycles. The first-order chi connectivity index (χ1) is 31.9. The monoisotopic (exact) mass is 831 g/mol. The lowest BCUT2D eigenvalue weighted by Crippen LogP contribution is -2.16. The lowest BCUT2D eigenvalue weighted by Gasteiger charge is -2.28. The molecule has 0 unspecified atom stereocenters. The average molecular weight is 832 g/mol. The van der Waals surface area contributed by atoms with Crippen LogP contribution in [-0.4, -0.2) is 0 Å². The molecule has 0 radical (unpaired) electrons. The van der Waals surface area contributed by atoms with Crippen molar-refractivity contribution in [3.8, 4) is 66.8 Å². The van der Waals surface area contributed by atoms with Crippen LogP contribution in [0.4, 0.5) is 17.1 Å². The molecule has 1 aromatic heterocycles. The highest BCUT2D eigenvalue weighted by atomic mass is 16.3. The molecule has 2 nitrogen and oxygen atoms in total. The lowest BCUT2D eigenvalue weighted by molar-refractivity contribution is 0.660. The van der Waals surface area contributed by atoms with E-state index in [1.54, 1.807) is 0 Å². The van der Waals surface area contributed by atoms with Gasteiger partial charge in [0.1, 0.15) is 11.2 Å². The van der Waals surface area contributed by atoms with Crippen LogP contribution in [0, 0.1) is 0 Å². The number of fused-ring (bicyclic) bond motifs is 6. The number of hydrogen-bond donors (Lipinski definition) is 0. The van der Waals surface area contributed by atoms with Crippen LogP contribution in [0.3, 0.4) is 0 Å². The van der Waals surface area contributed by atoms with E-state index in [2.05, 4.69) is 243 Å². The van der Waals surface area contributed by atoms with Gasteiger partial charge in [0.15, 0.2) is 0 Å². The second kappa shape index (κ2) is 15.6. The van der Waals surface area contributed by atoms with Crippen molar-refractivity contribution < 1.29 is 4.42 Å². The Morgan fingerprint density at radius 1 is 0.292 bits per heavy atom.